The number of methoxy groups -OCH3 is 2. The highest BCUT2D eigenvalue weighted by atomic mass is 16.5. The normalized spacial score (nSPS) is 65.1. The molecule has 12 unspecified atom stereocenters. The number of likely N-dealkylation sites (N-methyl/N-ethyl adjacent to an activating group) is 1. The van der Waals surface area contributed by atoms with Crippen LogP contribution >= 0.6 is 0 Å². The molecule has 6 aliphatic rings. The van der Waals surface area contributed by atoms with Gasteiger partial charge in [0.05, 0.1) is 23.9 Å². The molecule has 0 aromatic carbocycles. The molecular formula is C22H35NO6. The van der Waals surface area contributed by atoms with Gasteiger partial charge in [-0.05, 0) is 38.1 Å². The van der Waals surface area contributed by atoms with Crippen molar-refractivity contribution in [1.29, 1.82) is 0 Å². The number of aliphatic hydroxyl groups excluding tert-OH is 1. The quantitative estimate of drug-likeness (QED) is 0.510. The Kier molecular flexibility index (Phi) is 3.71. The lowest BCUT2D eigenvalue weighted by atomic mass is 9.44. The van der Waals surface area contributed by atoms with Crippen LogP contribution in [-0.2, 0) is 9.47 Å². The van der Waals surface area contributed by atoms with E-state index in [1.54, 1.807) is 14.2 Å². The lowest BCUT2D eigenvalue weighted by Gasteiger charge is -2.70. The van der Waals surface area contributed by atoms with Gasteiger partial charge in [0.2, 0.25) is 0 Å². The molecule has 164 valence electrons. The highest BCUT2D eigenvalue weighted by Crippen LogP contribution is 2.78. The first-order valence-corrected chi connectivity index (χ1v) is 11.4. The minimum Gasteiger partial charge on any atom is -0.392 e. The summed E-state index contributed by atoms with van der Waals surface area (Å²) in [5.74, 6) is -0.658. The first-order chi connectivity index (χ1) is 13.7. The van der Waals surface area contributed by atoms with Gasteiger partial charge in [0.15, 0.2) is 0 Å². The Morgan fingerprint density at radius 1 is 1.07 bits per heavy atom. The Bertz CT molecular complexity index is 736. The summed E-state index contributed by atoms with van der Waals surface area (Å²) in [6.45, 7) is 3.45. The topological polar surface area (TPSA) is 103 Å². The van der Waals surface area contributed by atoms with Gasteiger partial charge < -0.3 is 29.9 Å². The molecule has 7 bridgehead atoms. The van der Waals surface area contributed by atoms with Gasteiger partial charge in [-0.15, -0.1) is 0 Å². The second kappa shape index (κ2) is 5.55. The predicted molar refractivity (Wildman–Crippen MR) is 103 cm³/mol. The number of nitrogens with zero attached hydrogens (tertiary/aromatic N) is 1. The van der Waals surface area contributed by atoms with Crippen molar-refractivity contribution in [2.24, 2.45) is 29.1 Å². The zero-order valence-electron chi connectivity index (χ0n) is 17.6. The van der Waals surface area contributed by atoms with Crippen molar-refractivity contribution < 1.29 is 29.9 Å². The van der Waals surface area contributed by atoms with Crippen LogP contribution in [0.5, 0.6) is 0 Å². The number of aliphatic hydroxyl groups is 4. The number of hydrogen-bond acceptors (Lipinski definition) is 7. The van der Waals surface area contributed by atoms with Gasteiger partial charge in [-0.25, -0.2) is 0 Å². The maximum Gasteiger partial charge on any atom is 0.124 e. The molecular weight excluding hydrogens is 374 g/mol. The average Bonchev–Trinajstić information content (AvgIpc) is 3.13. The zero-order valence-corrected chi connectivity index (χ0v) is 17.6. The highest BCUT2D eigenvalue weighted by molar-refractivity contribution is 5.38. The first kappa shape index (κ1) is 19.4. The molecule has 6 fully saturated rings. The van der Waals surface area contributed by atoms with E-state index in [1.807, 2.05) is 0 Å². The molecule has 5 aliphatic carbocycles. The number of hydrogen-bond donors (Lipinski definition) is 4. The van der Waals surface area contributed by atoms with Crippen molar-refractivity contribution >= 4 is 0 Å². The maximum absolute atomic E-state index is 12.3. The summed E-state index contributed by atoms with van der Waals surface area (Å²) in [5.41, 5.74) is -4.25. The van der Waals surface area contributed by atoms with Crippen LogP contribution in [0.2, 0.25) is 0 Å². The molecule has 0 aromatic rings. The minimum absolute atomic E-state index is 0.0213. The number of β-amino-alcohol motifs (C(OH)–C–C–N with tert-alkyl or cyclic N) is 1. The fourth-order valence-electron chi connectivity index (χ4n) is 9.99. The van der Waals surface area contributed by atoms with Crippen molar-refractivity contribution in [2.45, 2.75) is 80.2 Å². The largest absolute Gasteiger partial charge is 0.392 e. The molecule has 7 heteroatoms. The van der Waals surface area contributed by atoms with E-state index >= 15 is 0 Å². The molecule has 12 atom stereocenters. The number of rotatable bonds is 3. The van der Waals surface area contributed by atoms with Crippen LogP contribution in [0.25, 0.3) is 0 Å². The molecule has 0 radical (unpaired) electrons. The van der Waals surface area contributed by atoms with Crippen LogP contribution < -0.4 is 0 Å². The predicted octanol–water partition coefficient (Wildman–Crippen LogP) is -0.256. The van der Waals surface area contributed by atoms with Gasteiger partial charge >= 0.3 is 0 Å². The maximum atomic E-state index is 12.3. The van der Waals surface area contributed by atoms with Gasteiger partial charge in [-0.3, -0.25) is 4.90 Å². The molecule has 4 N–H and O–H groups in total. The van der Waals surface area contributed by atoms with E-state index in [-0.39, 0.29) is 35.8 Å². The van der Waals surface area contributed by atoms with E-state index in [0.717, 1.165) is 6.54 Å². The van der Waals surface area contributed by atoms with Gasteiger partial charge in [0, 0.05) is 56.4 Å². The molecule has 5 saturated carbocycles. The number of piperidine rings is 1. The lowest BCUT2D eigenvalue weighted by molar-refractivity contribution is -0.336. The smallest absolute Gasteiger partial charge is 0.124 e. The van der Waals surface area contributed by atoms with E-state index in [9.17, 15) is 20.4 Å². The summed E-state index contributed by atoms with van der Waals surface area (Å²) in [4.78, 5) is 2.30. The molecule has 0 aromatic heterocycles. The van der Waals surface area contributed by atoms with Crippen molar-refractivity contribution in [3.05, 3.63) is 0 Å². The second-order valence-corrected chi connectivity index (χ2v) is 10.9. The van der Waals surface area contributed by atoms with Crippen LogP contribution in [0.4, 0.5) is 0 Å². The summed E-state index contributed by atoms with van der Waals surface area (Å²) < 4.78 is 11.7. The summed E-state index contributed by atoms with van der Waals surface area (Å²) in [6, 6.07) is -0.0322. The van der Waals surface area contributed by atoms with Crippen LogP contribution in [0, 0.1) is 29.1 Å². The monoisotopic (exact) mass is 409 g/mol. The van der Waals surface area contributed by atoms with Gasteiger partial charge in [-0.1, -0.05) is 6.92 Å². The summed E-state index contributed by atoms with van der Waals surface area (Å²) in [7, 11) is 3.28. The van der Waals surface area contributed by atoms with Crippen LogP contribution in [-0.4, -0.2) is 93.8 Å². The number of likely N-dealkylation sites (tertiary alicyclic amines) is 1. The van der Waals surface area contributed by atoms with Crippen LogP contribution in [0.1, 0.15) is 39.0 Å². The first-order valence-electron chi connectivity index (χ1n) is 11.4. The third kappa shape index (κ3) is 1.74. The molecule has 1 saturated heterocycles. The van der Waals surface area contributed by atoms with E-state index in [1.165, 1.54) is 0 Å². The van der Waals surface area contributed by atoms with E-state index in [4.69, 9.17) is 9.47 Å². The third-order valence-corrected chi connectivity index (χ3v) is 10.7. The van der Waals surface area contributed by atoms with E-state index < -0.39 is 34.4 Å². The standard InChI is InChI=1S/C22H35NO6/c1-4-23-10-19(25)6-5-16(24)21-14(19)8-12(17(21)23)20(26)9-13(28-2)11-7-15(21)22(20,27)18(11)29-3/h11-18,24-27H,4-10H2,1-3H3. The Balaban J connectivity index is 1.63. The lowest BCUT2D eigenvalue weighted by Crippen LogP contribution is -2.82. The summed E-state index contributed by atoms with van der Waals surface area (Å²) in [5, 5.41) is 47.9. The van der Waals surface area contributed by atoms with Gasteiger partial charge in [0.25, 0.3) is 0 Å². The Morgan fingerprint density at radius 2 is 1.83 bits per heavy atom. The molecule has 1 aliphatic heterocycles. The van der Waals surface area contributed by atoms with E-state index in [2.05, 4.69) is 11.8 Å². The molecule has 1 spiro atoms. The fraction of sp³-hybridized carbons (Fsp3) is 1.00. The molecule has 29 heavy (non-hydrogen) atoms. The average molecular weight is 410 g/mol. The fourth-order valence-corrected chi connectivity index (χ4v) is 9.99. The molecule has 6 rings (SSSR count). The Morgan fingerprint density at radius 3 is 2.48 bits per heavy atom. The SMILES string of the molecule is CCN1CC2(O)CCC(O)C34C1C(CC23)C1(O)CC(OC)C2CC4C1(O)C2OC. The summed E-state index contributed by atoms with van der Waals surface area (Å²) >= 11 is 0. The summed E-state index contributed by atoms with van der Waals surface area (Å²) in [6.07, 6.45) is 1.52. The van der Waals surface area contributed by atoms with Crippen LogP contribution in [0.15, 0.2) is 0 Å². The second-order valence-electron chi connectivity index (χ2n) is 10.9. The van der Waals surface area contributed by atoms with Crippen molar-refractivity contribution in [3.63, 3.8) is 0 Å². The third-order valence-electron chi connectivity index (χ3n) is 10.7. The minimum atomic E-state index is -1.42. The van der Waals surface area contributed by atoms with Gasteiger partial charge in [-0.2, -0.15) is 0 Å². The van der Waals surface area contributed by atoms with Crippen molar-refractivity contribution in [1.82, 2.24) is 4.90 Å². The Labute approximate surface area is 172 Å². The zero-order chi connectivity index (χ0) is 20.6. The van der Waals surface area contributed by atoms with Crippen molar-refractivity contribution in [2.75, 3.05) is 27.3 Å². The highest BCUT2D eigenvalue weighted by Gasteiger charge is 2.88. The van der Waals surface area contributed by atoms with Crippen molar-refractivity contribution in [3.8, 4) is 0 Å². The molecule has 1 heterocycles. The number of fused-ring (bicyclic) bond motifs is 2. The molecule has 7 nitrogen and oxygen atoms in total. The Hall–Kier alpha value is -0.280. The number of ether oxygens (including phenoxy) is 2. The van der Waals surface area contributed by atoms with E-state index in [0.29, 0.717) is 38.6 Å². The van der Waals surface area contributed by atoms with Crippen LogP contribution in [0.3, 0.4) is 0 Å². The van der Waals surface area contributed by atoms with Gasteiger partial charge in [0.1, 0.15) is 11.2 Å². The molecule has 0 amide bonds.